The molecule has 0 spiro atoms. The van der Waals surface area contributed by atoms with Crippen LogP contribution in [0.25, 0.3) is 0 Å². The van der Waals surface area contributed by atoms with Gasteiger partial charge in [-0.3, -0.25) is 0 Å². The molecule has 2 rings (SSSR count). The van der Waals surface area contributed by atoms with Gasteiger partial charge in [0.05, 0.1) is 0 Å². The Morgan fingerprint density at radius 3 is 2.29 bits per heavy atom. The summed E-state index contributed by atoms with van der Waals surface area (Å²) in [6.45, 7) is 12.2. The summed E-state index contributed by atoms with van der Waals surface area (Å²) in [6, 6.07) is 0. The quantitative estimate of drug-likeness (QED) is 0.646. The van der Waals surface area contributed by atoms with E-state index in [1.807, 2.05) is 0 Å². The van der Waals surface area contributed by atoms with Crippen molar-refractivity contribution in [1.82, 2.24) is 5.32 Å². The van der Waals surface area contributed by atoms with Crippen molar-refractivity contribution in [1.29, 1.82) is 0 Å². The molecule has 0 amide bonds. The summed E-state index contributed by atoms with van der Waals surface area (Å²) in [5, 5.41) is 3.73. The summed E-state index contributed by atoms with van der Waals surface area (Å²) in [5.41, 5.74) is 0.509. The largest absolute Gasteiger partial charge is 0.316 e. The first-order chi connectivity index (χ1) is 10.0. The molecule has 1 heteroatoms. The van der Waals surface area contributed by atoms with Crippen molar-refractivity contribution in [3.8, 4) is 0 Å². The van der Waals surface area contributed by atoms with Crippen LogP contribution >= 0.6 is 0 Å². The average molecular weight is 294 g/mol. The second kappa shape index (κ2) is 7.99. The van der Waals surface area contributed by atoms with Crippen LogP contribution in [0.2, 0.25) is 0 Å². The highest BCUT2D eigenvalue weighted by Crippen LogP contribution is 2.47. The van der Waals surface area contributed by atoms with Crippen LogP contribution < -0.4 is 5.32 Å². The Bertz CT molecular complexity index is 285. The molecule has 0 heterocycles. The Balaban J connectivity index is 1.98. The van der Waals surface area contributed by atoms with Gasteiger partial charge >= 0.3 is 0 Å². The summed E-state index contributed by atoms with van der Waals surface area (Å²) in [4.78, 5) is 0. The molecule has 3 unspecified atom stereocenters. The van der Waals surface area contributed by atoms with Crippen molar-refractivity contribution in [3.05, 3.63) is 0 Å². The molecule has 0 bridgehead atoms. The van der Waals surface area contributed by atoms with Crippen LogP contribution in [0, 0.1) is 29.1 Å². The Kier molecular flexibility index (Phi) is 6.59. The van der Waals surface area contributed by atoms with E-state index in [9.17, 15) is 0 Å². The van der Waals surface area contributed by atoms with Gasteiger partial charge in [0.2, 0.25) is 0 Å². The number of rotatable bonds is 5. The highest BCUT2D eigenvalue weighted by Gasteiger charge is 2.39. The van der Waals surface area contributed by atoms with Gasteiger partial charge in [-0.15, -0.1) is 0 Å². The topological polar surface area (TPSA) is 12.0 Å². The Labute approximate surface area is 133 Å². The molecule has 0 aromatic rings. The van der Waals surface area contributed by atoms with Crippen molar-refractivity contribution in [3.63, 3.8) is 0 Å². The predicted octanol–water partition coefficient (Wildman–Crippen LogP) is 5.64. The number of hydrogen-bond donors (Lipinski definition) is 1. The van der Waals surface area contributed by atoms with E-state index in [0.29, 0.717) is 5.41 Å². The van der Waals surface area contributed by atoms with Crippen molar-refractivity contribution < 1.29 is 0 Å². The minimum atomic E-state index is 0.509. The van der Waals surface area contributed by atoms with E-state index in [4.69, 9.17) is 0 Å². The van der Waals surface area contributed by atoms with Gasteiger partial charge in [0.1, 0.15) is 0 Å². The lowest BCUT2D eigenvalue weighted by atomic mass is 9.60. The van der Waals surface area contributed by atoms with Crippen LogP contribution in [-0.4, -0.2) is 13.1 Å². The molecule has 0 aromatic carbocycles. The molecule has 0 aliphatic heterocycles. The SMILES string of the molecule is CCCNCC1CCC(C(C)(C)C)CC1C1CCCCC1. The maximum Gasteiger partial charge on any atom is -0.00178 e. The van der Waals surface area contributed by atoms with Crippen LogP contribution in [0.5, 0.6) is 0 Å². The van der Waals surface area contributed by atoms with Crippen LogP contribution in [0.4, 0.5) is 0 Å². The van der Waals surface area contributed by atoms with Crippen LogP contribution in [0.1, 0.15) is 85.5 Å². The monoisotopic (exact) mass is 293 g/mol. The third-order valence-corrected chi connectivity index (χ3v) is 6.36. The minimum absolute atomic E-state index is 0.509. The Hall–Kier alpha value is -0.0400. The third kappa shape index (κ3) is 4.98. The summed E-state index contributed by atoms with van der Waals surface area (Å²) in [6.07, 6.45) is 13.2. The second-order valence-corrected chi connectivity index (χ2v) is 8.90. The standard InChI is InChI=1S/C20H39N/c1-5-13-21-15-17-11-12-18(20(2,3)4)14-19(17)16-9-7-6-8-10-16/h16-19,21H,5-15H2,1-4H3. The van der Waals surface area contributed by atoms with E-state index in [1.165, 1.54) is 70.9 Å². The maximum absolute atomic E-state index is 3.73. The first-order valence-electron chi connectivity index (χ1n) is 9.73. The molecule has 2 saturated carbocycles. The van der Waals surface area contributed by atoms with Gasteiger partial charge in [-0.1, -0.05) is 59.8 Å². The molecule has 0 radical (unpaired) electrons. The van der Waals surface area contributed by atoms with Gasteiger partial charge in [-0.25, -0.2) is 0 Å². The zero-order valence-corrected chi connectivity index (χ0v) is 15.1. The molecule has 0 aromatic heterocycles. The fourth-order valence-corrected chi connectivity index (χ4v) is 4.91. The normalized spacial score (nSPS) is 32.3. The van der Waals surface area contributed by atoms with Crippen molar-refractivity contribution in [2.75, 3.05) is 13.1 Å². The number of nitrogens with one attached hydrogen (secondary N) is 1. The summed E-state index contributed by atoms with van der Waals surface area (Å²) < 4.78 is 0. The van der Waals surface area contributed by atoms with E-state index in [-0.39, 0.29) is 0 Å². The molecule has 2 aliphatic rings. The lowest BCUT2D eigenvalue weighted by Gasteiger charge is -2.46. The summed E-state index contributed by atoms with van der Waals surface area (Å²) in [5.74, 6) is 3.95. The minimum Gasteiger partial charge on any atom is -0.316 e. The fraction of sp³-hybridized carbons (Fsp3) is 1.00. The third-order valence-electron chi connectivity index (χ3n) is 6.36. The smallest absolute Gasteiger partial charge is 0.00178 e. The Morgan fingerprint density at radius 2 is 1.67 bits per heavy atom. The predicted molar refractivity (Wildman–Crippen MR) is 93.5 cm³/mol. The second-order valence-electron chi connectivity index (χ2n) is 8.90. The number of hydrogen-bond acceptors (Lipinski definition) is 1. The van der Waals surface area contributed by atoms with E-state index in [0.717, 1.165) is 23.7 Å². The molecule has 3 atom stereocenters. The highest BCUT2D eigenvalue weighted by molar-refractivity contribution is 4.90. The average Bonchev–Trinajstić information content (AvgIpc) is 2.47. The molecule has 21 heavy (non-hydrogen) atoms. The lowest BCUT2D eigenvalue weighted by molar-refractivity contribution is 0.0508. The molecule has 2 aliphatic carbocycles. The molecular formula is C20H39N. The van der Waals surface area contributed by atoms with E-state index < -0.39 is 0 Å². The van der Waals surface area contributed by atoms with Gasteiger partial charge in [-0.2, -0.15) is 0 Å². The first-order valence-corrected chi connectivity index (χ1v) is 9.73. The van der Waals surface area contributed by atoms with Crippen molar-refractivity contribution >= 4 is 0 Å². The molecule has 0 saturated heterocycles. The van der Waals surface area contributed by atoms with Crippen molar-refractivity contribution in [2.24, 2.45) is 29.1 Å². The van der Waals surface area contributed by atoms with Gasteiger partial charge in [0, 0.05) is 0 Å². The molecular weight excluding hydrogens is 254 g/mol. The highest BCUT2D eigenvalue weighted by atomic mass is 14.9. The summed E-state index contributed by atoms with van der Waals surface area (Å²) >= 11 is 0. The van der Waals surface area contributed by atoms with Crippen molar-refractivity contribution in [2.45, 2.75) is 85.5 Å². The zero-order valence-electron chi connectivity index (χ0n) is 15.1. The fourth-order valence-electron chi connectivity index (χ4n) is 4.91. The molecule has 1 nitrogen and oxygen atoms in total. The van der Waals surface area contributed by atoms with E-state index in [2.05, 4.69) is 33.0 Å². The van der Waals surface area contributed by atoms with Gasteiger partial charge < -0.3 is 5.32 Å². The molecule has 1 N–H and O–H groups in total. The molecule has 124 valence electrons. The maximum atomic E-state index is 3.73. The first kappa shape index (κ1) is 17.3. The van der Waals surface area contributed by atoms with E-state index in [1.54, 1.807) is 0 Å². The Morgan fingerprint density at radius 1 is 0.952 bits per heavy atom. The van der Waals surface area contributed by atoms with Gasteiger partial charge in [0.25, 0.3) is 0 Å². The van der Waals surface area contributed by atoms with E-state index >= 15 is 0 Å². The van der Waals surface area contributed by atoms with Gasteiger partial charge in [-0.05, 0) is 67.9 Å². The lowest BCUT2D eigenvalue weighted by Crippen LogP contribution is -2.40. The zero-order chi connectivity index (χ0) is 15.3. The van der Waals surface area contributed by atoms with Crippen LogP contribution in [-0.2, 0) is 0 Å². The van der Waals surface area contributed by atoms with Crippen LogP contribution in [0.3, 0.4) is 0 Å². The van der Waals surface area contributed by atoms with Gasteiger partial charge in [0.15, 0.2) is 0 Å². The van der Waals surface area contributed by atoms with Crippen LogP contribution in [0.15, 0.2) is 0 Å². The molecule has 2 fully saturated rings. The summed E-state index contributed by atoms with van der Waals surface area (Å²) in [7, 11) is 0.